The maximum absolute atomic E-state index is 12.7. The number of aliphatic hydroxyl groups excluding tert-OH is 1. The van der Waals surface area contributed by atoms with E-state index in [1.165, 1.54) is 12.1 Å². The first-order valence-electron chi connectivity index (χ1n) is 5.99. The zero-order valence-electron chi connectivity index (χ0n) is 10.7. The van der Waals surface area contributed by atoms with Gasteiger partial charge in [0.25, 0.3) is 0 Å². The average molecular weight is 296 g/mol. The van der Waals surface area contributed by atoms with Crippen molar-refractivity contribution in [3.8, 4) is 0 Å². The first-order chi connectivity index (χ1) is 8.70. The third-order valence-corrected chi connectivity index (χ3v) is 3.71. The van der Waals surface area contributed by atoms with Gasteiger partial charge in [-0.25, -0.2) is 0 Å². The molecule has 0 saturated carbocycles. The maximum Gasteiger partial charge on any atom is 0.417 e. The SMILES string of the molecule is CCC(C)[C@@H](O)[C@@H](N)c1cccc(C(F)(F)F)c1Cl. The van der Waals surface area contributed by atoms with Crippen LogP contribution in [0.15, 0.2) is 18.2 Å². The Labute approximate surface area is 115 Å². The van der Waals surface area contributed by atoms with Crippen molar-refractivity contribution < 1.29 is 18.3 Å². The Balaban J connectivity index is 3.15. The number of hydrogen-bond acceptors (Lipinski definition) is 2. The van der Waals surface area contributed by atoms with Crippen LogP contribution in [0, 0.1) is 5.92 Å². The highest BCUT2D eigenvalue weighted by atomic mass is 35.5. The lowest BCUT2D eigenvalue weighted by atomic mass is 9.91. The lowest BCUT2D eigenvalue weighted by molar-refractivity contribution is -0.137. The van der Waals surface area contributed by atoms with Crippen molar-refractivity contribution in [2.24, 2.45) is 11.7 Å². The zero-order valence-corrected chi connectivity index (χ0v) is 11.5. The summed E-state index contributed by atoms with van der Waals surface area (Å²) < 4.78 is 38.2. The Bertz CT molecular complexity index is 436. The smallest absolute Gasteiger partial charge is 0.391 e. The molecule has 2 nitrogen and oxygen atoms in total. The molecule has 3 N–H and O–H groups in total. The molecule has 3 atom stereocenters. The van der Waals surface area contributed by atoms with Crippen molar-refractivity contribution in [1.82, 2.24) is 0 Å². The van der Waals surface area contributed by atoms with Crippen molar-refractivity contribution in [3.63, 3.8) is 0 Å². The molecule has 1 aromatic carbocycles. The van der Waals surface area contributed by atoms with Gasteiger partial charge in [0, 0.05) is 0 Å². The molecule has 0 spiro atoms. The number of benzene rings is 1. The molecule has 0 amide bonds. The van der Waals surface area contributed by atoms with E-state index in [1.54, 1.807) is 6.92 Å². The Morgan fingerprint density at radius 1 is 1.37 bits per heavy atom. The molecule has 0 fully saturated rings. The molecule has 1 unspecified atom stereocenters. The first kappa shape index (κ1) is 16.3. The second kappa shape index (κ2) is 6.11. The molecule has 0 aliphatic rings. The summed E-state index contributed by atoms with van der Waals surface area (Å²) in [5.41, 5.74) is 5.01. The second-order valence-corrected chi connectivity index (χ2v) is 4.99. The first-order valence-corrected chi connectivity index (χ1v) is 6.37. The summed E-state index contributed by atoms with van der Waals surface area (Å²) in [5, 5.41) is 9.55. The van der Waals surface area contributed by atoms with Crippen molar-refractivity contribution in [3.05, 3.63) is 34.3 Å². The molecule has 0 aliphatic heterocycles. The summed E-state index contributed by atoms with van der Waals surface area (Å²) in [6, 6.07) is 2.61. The monoisotopic (exact) mass is 295 g/mol. The summed E-state index contributed by atoms with van der Waals surface area (Å²) in [6.45, 7) is 3.65. The Morgan fingerprint density at radius 2 is 1.95 bits per heavy atom. The van der Waals surface area contributed by atoms with E-state index in [1.807, 2.05) is 6.92 Å². The van der Waals surface area contributed by atoms with Crippen LogP contribution in [0.2, 0.25) is 5.02 Å². The van der Waals surface area contributed by atoms with E-state index in [9.17, 15) is 18.3 Å². The summed E-state index contributed by atoms with van der Waals surface area (Å²) in [4.78, 5) is 0. The molecule has 1 aromatic rings. The van der Waals surface area contributed by atoms with E-state index in [-0.39, 0.29) is 11.5 Å². The maximum atomic E-state index is 12.7. The fraction of sp³-hybridized carbons (Fsp3) is 0.538. The molecule has 0 saturated heterocycles. The van der Waals surface area contributed by atoms with Gasteiger partial charge in [0.2, 0.25) is 0 Å². The van der Waals surface area contributed by atoms with Crippen LogP contribution < -0.4 is 5.73 Å². The van der Waals surface area contributed by atoms with E-state index in [0.29, 0.717) is 6.42 Å². The molecule has 6 heteroatoms. The molecule has 19 heavy (non-hydrogen) atoms. The van der Waals surface area contributed by atoms with Gasteiger partial charge in [0.15, 0.2) is 0 Å². The molecule has 1 rings (SSSR count). The molecule has 108 valence electrons. The number of aliphatic hydroxyl groups is 1. The predicted molar refractivity (Wildman–Crippen MR) is 68.8 cm³/mol. The van der Waals surface area contributed by atoms with Crippen LogP contribution in [-0.4, -0.2) is 11.2 Å². The fourth-order valence-electron chi connectivity index (χ4n) is 1.81. The van der Waals surface area contributed by atoms with Crippen LogP contribution in [0.1, 0.15) is 37.4 Å². The van der Waals surface area contributed by atoms with Gasteiger partial charge in [0.05, 0.1) is 22.7 Å². The molecule has 0 radical (unpaired) electrons. The van der Waals surface area contributed by atoms with Gasteiger partial charge in [-0.15, -0.1) is 0 Å². The highest BCUT2D eigenvalue weighted by Gasteiger charge is 2.35. The number of nitrogens with two attached hydrogens (primary N) is 1. The van der Waals surface area contributed by atoms with E-state index >= 15 is 0 Å². The largest absolute Gasteiger partial charge is 0.417 e. The fourth-order valence-corrected chi connectivity index (χ4v) is 2.16. The van der Waals surface area contributed by atoms with Crippen molar-refractivity contribution >= 4 is 11.6 Å². The summed E-state index contributed by atoms with van der Waals surface area (Å²) in [7, 11) is 0. The third kappa shape index (κ3) is 3.61. The van der Waals surface area contributed by atoms with Gasteiger partial charge < -0.3 is 10.8 Å². The number of halogens is 4. The lowest BCUT2D eigenvalue weighted by Crippen LogP contribution is -2.32. The summed E-state index contributed by atoms with van der Waals surface area (Å²) >= 11 is 5.77. The number of rotatable bonds is 4. The van der Waals surface area contributed by atoms with Gasteiger partial charge >= 0.3 is 6.18 Å². The van der Waals surface area contributed by atoms with Crippen LogP contribution in [0.4, 0.5) is 13.2 Å². The van der Waals surface area contributed by atoms with Crippen LogP contribution in [0.5, 0.6) is 0 Å². The van der Waals surface area contributed by atoms with Crippen LogP contribution in [0.25, 0.3) is 0 Å². The highest BCUT2D eigenvalue weighted by molar-refractivity contribution is 6.32. The van der Waals surface area contributed by atoms with Crippen LogP contribution in [0.3, 0.4) is 0 Å². The minimum absolute atomic E-state index is 0.115. The quantitative estimate of drug-likeness (QED) is 0.888. The number of alkyl halides is 3. The molecule has 0 aliphatic carbocycles. The van der Waals surface area contributed by atoms with Gasteiger partial charge in [-0.1, -0.05) is 44.0 Å². The zero-order chi connectivity index (χ0) is 14.8. The normalized spacial score (nSPS) is 17.1. The van der Waals surface area contributed by atoms with E-state index in [4.69, 9.17) is 17.3 Å². The van der Waals surface area contributed by atoms with Crippen LogP contribution >= 0.6 is 11.6 Å². The Hall–Kier alpha value is -0.780. The second-order valence-electron chi connectivity index (χ2n) is 4.61. The molecular weight excluding hydrogens is 279 g/mol. The standard InChI is InChI=1S/C13H17ClF3NO/c1-3-7(2)12(19)11(18)8-5-4-6-9(10(8)14)13(15,16)17/h4-7,11-12,19H,3,18H2,1-2H3/t7?,11-,12+/m0/s1. The van der Waals surface area contributed by atoms with Crippen molar-refractivity contribution in [2.45, 2.75) is 38.6 Å². The van der Waals surface area contributed by atoms with E-state index in [0.717, 1.165) is 6.07 Å². The predicted octanol–water partition coefficient (Wildman–Crippen LogP) is 3.77. The average Bonchev–Trinajstić information content (AvgIpc) is 2.35. The topological polar surface area (TPSA) is 46.2 Å². The van der Waals surface area contributed by atoms with Crippen molar-refractivity contribution in [1.29, 1.82) is 0 Å². The molecule has 0 heterocycles. The third-order valence-electron chi connectivity index (χ3n) is 3.29. The van der Waals surface area contributed by atoms with Gasteiger partial charge in [-0.05, 0) is 17.5 Å². The van der Waals surface area contributed by atoms with Gasteiger partial charge in [0.1, 0.15) is 0 Å². The lowest BCUT2D eigenvalue weighted by Gasteiger charge is -2.25. The van der Waals surface area contributed by atoms with E-state index in [2.05, 4.69) is 0 Å². The molecule has 0 bridgehead atoms. The minimum atomic E-state index is -4.53. The van der Waals surface area contributed by atoms with Crippen molar-refractivity contribution in [2.75, 3.05) is 0 Å². The highest BCUT2D eigenvalue weighted by Crippen LogP contribution is 2.38. The summed E-state index contributed by atoms with van der Waals surface area (Å²) in [5.74, 6) is -0.124. The van der Waals surface area contributed by atoms with Gasteiger partial charge in [-0.2, -0.15) is 13.2 Å². The molecule has 0 aromatic heterocycles. The molecular formula is C13H17ClF3NO. The van der Waals surface area contributed by atoms with E-state index < -0.39 is 28.9 Å². The summed E-state index contributed by atoms with van der Waals surface area (Å²) in [6.07, 6.45) is -4.80. The van der Waals surface area contributed by atoms with Crippen LogP contribution in [-0.2, 0) is 6.18 Å². The minimum Gasteiger partial charge on any atom is -0.391 e. The Kier molecular flexibility index (Phi) is 5.24. The Morgan fingerprint density at radius 3 is 2.42 bits per heavy atom. The number of hydrogen-bond donors (Lipinski definition) is 2. The van der Waals surface area contributed by atoms with Gasteiger partial charge in [-0.3, -0.25) is 0 Å².